The number of carbonyl (C=O) groups is 2. The lowest BCUT2D eigenvalue weighted by atomic mass is 10.1. The number of hydrogen-bond acceptors (Lipinski definition) is 4. The zero-order valence-corrected chi connectivity index (χ0v) is 19.2. The largest absolute Gasteiger partial charge is 0.459 e. The number of fused-ring (bicyclic) bond motifs is 1. The summed E-state index contributed by atoms with van der Waals surface area (Å²) in [5.41, 5.74) is -2.96. The molecule has 0 bridgehead atoms. The Bertz CT molecular complexity index is 1230. The van der Waals surface area contributed by atoms with Crippen molar-refractivity contribution in [1.29, 1.82) is 0 Å². The topological polar surface area (TPSA) is 80.4 Å². The Morgan fingerprint density at radius 1 is 0.972 bits per heavy atom. The van der Waals surface area contributed by atoms with Crippen molar-refractivity contribution in [1.82, 2.24) is 4.98 Å². The van der Waals surface area contributed by atoms with Gasteiger partial charge in [-0.25, -0.2) is 4.79 Å². The van der Waals surface area contributed by atoms with E-state index in [1.54, 1.807) is 11.5 Å². The molecule has 6 nitrogen and oxygen atoms in total. The molecule has 3 rings (SSSR count). The minimum absolute atomic E-state index is 0.216. The number of alkyl halides is 6. The molecule has 1 heterocycles. The first-order chi connectivity index (χ1) is 16.8. The highest BCUT2D eigenvalue weighted by Crippen LogP contribution is 2.47. The summed E-state index contributed by atoms with van der Waals surface area (Å²) in [6.07, 6.45) is -6.45. The van der Waals surface area contributed by atoms with Crippen LogP contribution in [0.1, 0.15) is 43.4 Å². The van der Waals surface area contributed by atoms with E-state index in [0.717, 1.165) is 18.4 Å². The van der Waals surface area contributed by atoms with Gasteiger partial charge in [0, 0.05) is 22.8 Å². The Hall–Kier alpha value is -3.70. The Morgan fingerprint density at radius 3 is 2.17 bits per heavy atom. The van der Waals surface area contributed by atoms with E-state index in [9.17, 15) is 35.9 Å². The van der Waals surface area contributed by atoms with Gasteiger partial charge in [0.2, 0.25) is 0 Å². The number of carbonyl (C=O) groups excluding carboxylic acids is 2. The molecule has 0 aliphatic carbocycles. The van der Waals surface area contributed by atoms with Gasteiger partial charge in [0.05, 0.1) is 6.61 Å². The van der Waals surface area contributed by atoms with E-state index >= 15 is 0 Å². The third-order valence-corrected chi connectivity index (χ3v) is 5.18. The third-order valence-electron chi connectivity index (χ3n) is 5.18. The van der Waals surface area contributed by atoms with Gasteiger partial charge in [-0.15, -0.1) is 0 Å². The fraction of sp³-hybridized carbons (Fsp3) is 0.333. The van der Waals surface area contributed by atoms with Crippen LogP contribution in [0.3, 0.4) is 0 Å². The van der Waals surface area contributed by atoms with E-state index in [0.29, 0.717) is 17.3 Å². The van der Waals surface area contributed by atoms with Gasteiger partial charge in [-0.1, -0.05) is 13.3 Å². The Morgan fingerprint density at radius 2 is 1.61 bits per heavy atom. The highest BCUT2D eigenvalue weighted by molar-refractivity contribution is 6.37. The van der Waals surface area contributed by atoms with Crippen LogP contribution in [-0.4, -0.2) is 23.5 Å². The van der Waals surface area contributed by atoms with E-state index in [4.69, 9.17) is 4.74 Å². The van der Waals surface area contributed by atoms with Crippen LogP contribution in [0.25, 0.3) is 10.9 Å². The molecular formula is C24H22F6N2O4. The second-order valence-electron chi connectivity index (χ2n) is 7.80. The fourth-order valence-corrected chi connectivity index (χ4v) is 3.52. The molecule has 2 aromatic carbocycles. The Kier molecular flexibility index (Phi) is 7.85. The predicted octanol–water partition coefficient (Wildman–Crippen LogP) is 6.84. The summed E-state index contributed by atoms with van der Waals surface area (Å²) >= 11 is 0. The highest BCUT2D eigenvalue weighted by atomic mass is 19.4. The summed E-state index contributed by atoms with van der Waals surface area (Å²) in [6.45, 7) is 3.14. The molecule has 12 heteroatoms. The second kappa shape index (κ2) is 10.5. The molecule has 1 aromatic heterocycles. The maximum atomic E-state index is 13.9. The number of benzene rings is 2. The van der Waals surface area contributed by atoms with Crippen LogP contribution in [0.5, 0.6) is 11.5 Å². The molecule has 0 saturated heterocycles. The van der Waals surface area contributed by atoms with Crippen LogP contribution in [-0.2, 0) is 33.1 Å². The number of nitrogens with one attached hydrogen (secondary N) is 2. The standard InChI is InChI=1S/C24H22F6N2O4/c1-3-5-6-13-12-31-19-8-7-15(11-16(13)19)36-20-17(23(25,26)27)9-14(10-18(20)24(28,29)30)32-21(33)22(34)35-4-2/h7-12,31H,3-6H2,1-2H3,(H,32,33). The summed E-state index contributed by atoms with van der Waals surface area (Å²) in [5.74, 6) is -4.70. The zero-order valence-electron chi connectivity index (χ0n) is 19.2. The molecule has 0 spiro atoms. The SMILES string of the molecule is CCCCc1c[nH]c2ccc(Oc3c(C(F)(F)F)cc(NC(=O)C(=O)OCC)cc3C(F)(F)F)cc12. The number of ether oxygens (including phenoxy) is 2. The van der Waals surface area contributed by atoms with E-state index in [1.807, 2.05) is 6.92 Å². The summed E-state index contributed by atoms with van der Waals surface area (Å²) in [7, 11) is 0. The van der Waals surface area contributed by atoms with E-state index in [1.165, 1.54) is 25.1 Å². The lowest BCUT2D eigenvalue weighted by Crippen LogP contribution is -2.25. The highest BCUT2D eigenvalue weighted by Gasteiger charge is 2.43. The van der Waals surface area contributed by atoms with Gasteiger partial charge in [0.1, 0.15) is 16.9 Å². The first kappa shape index (κ1) is 26.9. The summed E-state index contributed by atoms with van der Waals surface area (Å²) < 4.78 is 92.8. The van der Waals surface area contributed by atoms with Crippen molar-refractivity contribution in [2.45, 2.75) is 45.5 Å². The van der Waals surface area contributed by atoms with Gasteiger partial charge in [-0.2, -0.15) is 26.3 Å². The number of hydrogen-bond donors (Lipinski definition) is 2. The van der Waals surface area contributed by atoms with E-state index in [2.05, 4.69) is 9.72 Å². The summed E-state index contributed by atoms with van der Waals surface area (Å²) in [5, 5.41) is 2.33. The van der Waals surface area contributed by atoms with Crippen LogP contribution in [0.15, 0.2) is 36.5 Å². The number of esters is 1. The summed E-state index contributed by atoms with van der Waals surface area (Å²) in [4.78, 5) is 26.3. The Balaban J connectivity index is 2.10. The number of H-pyrrole nitrogens is 1. The molecule has 0 atom stereocenters. The number of unbranched alkanes of at least 4 members (excludes halogenated alkanes) is 1. The molecular weight excluding hydrogens is 494 g/mol. The van der Waals surface area contributed by atoms with Gasteiger partial charge in [-0.3, -0.25) is 4.79 Å². The van der Waals surface area contributed by atoms with Crippen molar-refractivity contribution in [2.75, 3.05) is 11.9 Å². The van der Waals surface area contributed by atoms with Crippen molar-refractivity contribution in [3.63, 3.8) is 0 Å². The molecule has 194 valence electrons. The van der Waals surface area contributed by atoms with Gasteiger partial charge in [0.15, 0.2) is 5.75 Å². The van der Waals surface area contributed by atoms with E-state index in [-0.39, 0.29) is 24.5 Å². The van der Waals surface area contributed by atoms with Gasteiger partial charge in [-0.05, 0) is 55.7 Å². The summed E-state index contributed by atoms with van der Waals surface area (Å²) in [6, 6.07) is 4.65. The Labute approximate surface area is 201 Å². The molecule has 0 unspecified atom stereocenters. The number of amides is 1. The molecule has 0 aliphatic heterocycles. The first-order valence-electron chi connectivity index (χ1n) is 10.9. The molecule has 0 fully saturated rings. The lowest BCUT2D eigenvalue weighted by molar-refractivity contribution is -0.152. The van der Waals surface area contributed by atoms with Gasteiger partial charge >= 0.3 is 24.2 Å². The van der Waals surface area contributed by atoms with Crippen LogP contribution in [0, 0.1) is 0 Å². The number of halogens is 6. The van der Waals surface area contributed by atoms with Crippen molar-refractivity contribution in [3.8, 4) is 11.5 Å². The number of anilines is 1. The van der Waals surface area contributed by atoms with Crippen molar-refractivity contribution >= 4 is 28.5 Å². The minimum atomic E-state index is -5.29. The molecule has 1 amide bonds. The number of rotatable bonds is 7. The van der Waals surface area contributed by atoms with Crippen LogP contribution >= 0.6 is 0 Å². The number of aromatic amines is 1. The van der Waals surface area contributed by atoms with Gasteiger partial charge in [0.25, 0.3) is 0 Å². The second-order valence-corrected chi connectivity index (χ2v) is 7.80. The van der Waals surface area contributed by atoms with Crippen molar-refractivity contribution in [3.05, 3.63) is 53.2 Å². The van der Waals surface area contributed by atoms with Crippen molar-refractivity contribution in [2.24, 2.45) is 0 Å². The molecule has 2 N–H and O–H groups in total. The molecule has 0 saturated carbocycles. The predicted molar refractivity (Wildman–Crippen MR) is 119 cm³/mol. The van der Waals surface area contributed by atoms with Crippen molar-refractivity contribution < 1.29 is 45.4 Å². The van der Waals surface area contributed by atoms with Crippen LogP contribution in [0.2, 0.25) is 0 Å². The molecule has 0 aliphatic rings. The number of aryl methyl sites for hydroxylation is 1. The molecule has 36 heavy (non-hydrogen) atoms. The maximum Gasteiger partial charge on any atom is 0.420 e. The average Bonchev–Trinajstić information content (AvgIpc) is 3.19. The zero-order chi connectivity index (χ0) is 26.7. The lowest BCUT2D eigenvalue weighted by Gasteiger charge is -2.21. The smallest absolute Gasteiger partial charge is 0.420 e. The maximum absolute atomic E-state index is 13.9. The number of aromatic nitrogens is 1. The fourth-order valence-electron chi connectivity index (χ4n) is 3.52. The minimum Gasteiger partial charge on any atom is -0.459 e. The molecule has 3 aromatic rings. The monoisotopic (exact) mass is 516 g/mol. The quantitative estimate of drug-likeness (QED) is 0.205. The normalized spacial score (nSPS) is 12.0. The third kappa shape index (κ3) is 6.10. The van der Waals surface area contributed by atoms with Crippen LogP contribution < -0.4 is 10.1 Å². The van der Waals surface area contributed by atoms with E-state index < -0.39 is 46.8 Å². The van der Waals surface area contributed by atoms with Gasteiger partial charge < -0.3 is 19.8 Å². The first-order valence-corrected chi connectivity index (χ1v) is 10.9. The molecule has 0 radical (unpaired) electrons. The average molecular weight is 516 g/mol. The van der Waals surface area contributed by atoms with Crippen LogP contribution in [0.4, 0.5) is 32.0 Å².